The van der Waals surface area contributed by atoms with Crippen molar-refractivity contribution in [2.24, 2.45) is 5.92 Å². The van der Waals surface area contributed by atoms with Crippen molar-refractivity contribution in [3.8, 4) is 5.75 Å². The molecule has 1 aliphatic carbocycles. The van der Waals surface area contributed by atoms with Crippen LogP contribution in [0.1, 0.15) is 25.1 Å². The number of aromatic nitrogens is 2. The van der Waals surface area contributed by atoms with Crippen LogP contribution in [0.5, 0.6) is 5.75 Å². The molecule has 2 aliphatic rings. The van der Waals surface area contributed by atoms with Crippen LogP contribution in [-0.2, 0) is 22.0 Å². The zero-order valence-electron chi connectivity index (χ0n) is 12.1. The van der Waals surface area contributed by atoms with Crippen molar-refractivity contribution >= 4 is 28.6 Å². The van der Waals surface area contributed by atoms with Crippen molar-refractivity contribution < 1.29 is 14.3 Å². The zero-order chi connectivity index (χ0) is 15.1. The molecule has 1 atom stereocenters. The number of hydrogen-bond acceptors (Lipinski definition) is 4. The van der Waals surface area contributed by atoms with E-state index in [9.17, 15) is 4.79 Å². The Morgan fingerprint density at radius 2 is 2.23 bits per heavy atom. The van der Waals surface area contributed by atoms with Crippen LogP contribution in [0.3, 0.4) is 0 Å². The van der Waals surface area contributed by atoms with E-state index in [4.69, 9.17) is 21.1 Å². The van der Waals surface area contributed by atoms with Gasteiger partial charge in [0.05, 0.1) is 35.5 Å². The number of halogens is 1. The molecule has 4 rings (SSSR count). The van der Waals surface area contributed by atoms with Crippen LogP contribution in [0, 0.1) is 5.92 Å². The summed E-state index contributed by atoms with van der Waals surface area (Å²) in [4.78, 5) is 16.3. The van der Waals surface area contributed by atoms with Gasteiger partial charge in [-0.3, -0.25) is 4.79 Å². The summed E-state index contributed by atoms with van der Waals surface area (Å²) in [6.45, 7) is 1.55. The molecule has 2 aromatic rings. The maximum Gasteiger partial charge on any atom is 0.314 e. The van der Waals surface area contributed by atoms with E-state index in [0.29, 0.717) is 11.6 Å². The third-order valence-corrected chi connectivity index (χ3v) is 4.47. The van der Waals surface area contributed by atoms with Crippen LogP contribution < -0.4 is 4.74 Å². The van der Waals surface area contributed by atoms with Crippen LogP contribution in [0.25, 0.3) is 11.0 Å². The predicted octanol–water partition coefficient (Wildman–Crippen LogP) is 2.88. The van der Waals surface area contributed by atoms with Crippen LogP contribution in [0.2, 0.25) is 0 Å². The van der Waals surface area contributed by atoms with E-state index in [1.54, 1.807) is 6.07 Å². The van der Waals surface area contributed by atoms with Gasteiger partial charge in [-0.05, 0) is 31.4 Å². The van der Waals surface area contributed by atoms with E-state index in [-0.39, 0.29) is 18.0 Å². The molecule has 1 saturated heterocycles. The highest BCUT2D eigenvalue weighted by Gasteiger charge is 2.31. The number of hydrogen-bond donors (Lipinski definition) is 0. The number of carbonyl (C=O) groups is 1. The first-order chi connectivity index (χ1) is 10.7. The average Bonchev–Trinajstić information content (AvgIpc) is 3.26. The van der Waals surface area contributed by atoms with Gasteiger partial charge in [0, 0.05) is 12.7 Å². The highest BCUT2D eigenvalue weighted by atomic mass is 35.5. The zero-order valence-corrected chi connectivity index (χ0v) is 12.9. The summed E-state index contributed by atoms with van der Waals surface area (Å²) in [6, 6.07) is 5.54. The van der Waals surface area contributed by atoms with Crippen molar-refractivity contribution in [1.82, 2.24) is 9.55 Å². The number of imidazole rings is 1. The van der Waals surface area contributed by atoms with Gasteiger partial charge >= 0.3 is 5.97 Å². The van der Waals surface area contributed by atoms with Crippen molar-refractivity contribution in [2.45, 2.75) is 37.8 Å². The van der Waals surface area contributed by atoms with E-state index in [0.717, 1.165) is 49.3 Å². The highest BCUT2D eigenvalue weighted by Crippen LogP contribution is 2.32. The molecule has 1 saturated carbocycles. The van der Waals surface area contributed by atoms with E-state index < -0.39 is 0 Å². The van der Waals surface area contributed by atoms with E-state index in [1.807, 2.05) is 12.1 Å². The Labute approximate surface area is 133 Å². The molecule has 116 valence electrons. The van der Waals surface area contributed by atoms with Crippen LogP contribution in [0.15, 0.2) is 18.2 Å². The van der Waals surface area contributed by atoms with Gasteiger partial charge in [0.25, 0.3) is 0 Å². The van der Waals surface area contributed by atoms with Gasteiger partial charge in [0.2, 0.25) is 0 Å². The number of alkyl halides is 1. The summed E-state index contributed by atoms with van der Waals surface area (Å²) in [7, 11) is 0. The highest BCUT2D eigenvalue weighted by molar-refractivity contribution is 6.16. The van der Waals surface area contributed by atoms with Gasteiger partial charge in [-0.2, -0.15) is 0 Å². The lowest BCUT2D eigenvalue weighted by Gasteiger charge is -2.27. The molecule has 22 heavy (non-hydrogen) atoms. The summed E-state index contributed by atoms with van der Waals surface area (Å²) in [5.74, 6) is 1.69. The third kappa shape index (κ3) is 2.59. The second kappa shape index (κ2) is 5.56. The monoisotopic (exact) mass is 320 g/mol. The fourth-order valence-electron chi connectivity index (χ4n) is 2.67. The summed E-state index contributed by atoms with van der Waals surface area (Å²) < 4.78 is 13.0. The molecular weight excluding hydrogens is 304 g/mol. The number of ether oxygens (including phenoxy) is 2. The maximum atomic E-state index is 11.8. The van der Waals surface area contributed by atoms with Crippen molar-refractivity contribution in [3.05, 3.63) is 24.0 Å². The summed E-state index contributed by atoms with van der Waals surface area (Å²) in [5, 5.41) is 0. The Hall–Kier alpha value is -1.59. The van der Waals surface area contributed by atoms with E-state index in [1.165, 1.54) is 0 Å². The molecule has 2 heterocycles. The fourth-order valence-corrected chi connectivity index (χ4v) is 2.88. The quantitative estimate of drug-likeness (QED) is 0.483. The minimum absolute atomic E-state index is 0.0855. The Kier molecular flexibility index (Phi) is 3.54. The number of benzene rings is 1. The SMILES string of the molecule is O=C(Oc1ccc2nc(CCl)n(C[C@@H]3CCO3)c2c1)C1CC1. The van der Waals surface area contributed by atoms with Crippen molar-refractivity contribution in [1.29, 1.82) is 0 Å². The van der Waals surface area contributed by atoms with Gasteiger partial charge in [-0.25, -0.2) is 4.98 Å². The normalized spacial score (nSPS) is 20.9. The molecule has 0 spiro atoms. The van der Waals surface area contributed by atoms with Gasteiger partial charge in [-0.1, -0.05) is 0 Å². The minimum Gasteiger partial charge on any atom is -0.426 e. The van der Waals surface area contributed by atoms with Crippen LogP contribution >= 0.6 is 11.6 Å². The first-order valence-corrected chi connectivity index (χ1v) is 8.16. The first kappa shape index (κ1) is 14.0. The molecule has 1 aliphatic heterocycles. The van der Waals surface area contributed by atoms with Gasteiger partial charge in [0.1, 0.15) is 11.6 Å². The number of carbonyl (C=O) groups excluding carboxylic acids is 1. The largest absolute Gasteiger partial charge is 0.426 e. The smallest absolute Gasteiger partial charge is 0.314 e. The van der Waals surface area contributed by atoms with Crippen molar-refractivity contribution in [3.63, 3.8) is 0 Å². The maximum absolute atomic E-state index is 11.8. The Morgan fingerprint density at radius 3 is 2.86 bits per heavy atom. The Morgan fingerprint density at radius 1 is 1.41 bits per heavy atom. The molecule has 0 unspecified atom stereocenters. The third-order valence-electron chi connectivity index (χ3n) is 4.23. The molecule has 1 aromatic heterocycles. The first-order valence-electron chi connectivity index (χ1n) is 7.63. The lowest BCUT2D eigenvalue weighted by atomic mass is 10.2. The van der Waals surface area contributed by atoms with Gasteiger partial charge < -0.3 is 14.0 Å². The van der Waals surface area contributed by atoms with Crippen LogP contribution in [-0.4, -0.2) is 28.2 Å². The number of fused-ring (bicyclic) bond motifs is 1. The molecule has 0 N–H and O–H groups in total. The van der Waals surface area contributed by atoms with Gasteiger partial charge in [-0.15, -0.1) is 11.6 Å². The minimum atomic E-state index is -0.134. The molecule has 5 nitrogen and oxygen atoms in total. The topological polar surface area (TPSA) is 53.3 Å². The number of nitrogens with zero attached hydrogens (tertiary/aromatic N) is 2. The van der Waals surface area contributed by atoms with Crippen LogP contribution in [0.4, 0.5) is 0 Å². The van der Waals surface area contributed by atoms with E-state index in [2.05, 4.69) is 9.55 Å². The molecule has 0 radical (unpaired) electrons. The fraction of sp³-hybridized carbons (Fsp3) is 0.500. The lowest BCUT2D eigenvalue weighted by Crippen LogP contribution is -2.31. The second-order valence-corrected chi connectivity index (χ2v) is 6.17. The summed E-state index contributed by atoms with van der Waals surface area (Å²) >= 11 is 6.01. The van der Waals surface area contributed by atoms with Gasteiger partial charge in [0.15, 0.2) is 0 Å². The predicted molar refractivity (Wildman–Crippen MR) is 82.0 cm³/mol. The second-order valence-electron chi connectivity index (χ2n) is 5.90. The Bertz CT molecular complexity index is 719. The summed E-state index contributed by atoms with van der Waals surface area (Å²) in [6.07, 6.45) is 3.15. The molecule has 2 fully saturated rings. The molecular formula is C16H17ClN2O3. The molecule has 0 amide bonds. The average molecular weight is 321 g/mol. The molecule has 0 bridgehead atoms. The van der Waals surface area contributed by atoms with Crippen molar-refractivity contribution in [2.75, 3.05) is 6.61 Å². The molecule has 6 heteroatoms. The molecule has 1 aromatic carbocycles. The Balaban J connectivity index is 1.66. The number of esters is 1. The lowest BCUT2D eigenvalue weighted by molar-refractivity contribution is -0.135. The standard InChI is InChI=1S/C16H17ClN2O3/c17-8-15-18-13-4-3-11(22-16(20)10-1-2-10)7-14(13)19(15)9-12-5-6-21-12/h3-4,7,10,12H,1-2,5-6,8-9H2/t12-/m0/s1. The number of rotatable bonds is 5. The van der Waals surface area contributed by atoms with E-state index >= 15 is 0 Å². The summed E-state index contributed by atoms with van der Waals surface area (Å²) in [5.41, 5.74) is 1.80.